The Bertz CT molecular complexity index is 1300. The molecule has 0 aliphatic heterocycles. The summed E-state index contributed by atoms with van der Waals surface area (Å²) in [6.07, 6.45) is -1.83. The molecule has 0 heterocycles. The number of ether oxygens (including phenoxy) is 4. The molecule has 0 spiro atoms. The molecule has 0 aliphatic rings. The normalized spacial score (nSPS) is 11.6. The largest absolute Gasteiger partial charge is 0.456 e. The van der Waals surface area contributed by atoms with E-state index >= 15 is 0 Å². The van der Waals surface area contributed by atoms with Crippen molar-refractivity contribution in [2.75, 3.05) is 13.1 Å². The summed E-state index contributed by atoms with van der Waals surface area (Å²) in [5.41, 5.74) is -2.08. The third-order valence-electron chi connectivity index (χ3n) is 5.20. The quantitative estimate of drug-likeness (QED) is 0.153. The van der Waals surface area contributed by atoms with Gasteiger partial charge in [-0.15, -0.1) is 0 Å². The Morgan fingerprint density at radius 3 is 1.17 bits per heavy atom. The number of carbonyl (C=O) groups excluding carboxylic acids is 6. The average Bonchev–Trinajstić information content (AvgIpc) is 2.97. The molecule has 2 rings (SSSR count). The Balaban J connectivity index is 2.38. The van der Waals surface area contributed by atoms with Crippen molar-refractivity contribution in [2.24, 2.45) is 0 Å². The van der Waals surface area contributed by atoms with E-state index < -0.39 is 71.6 Å². The Morgan fingerprint density at radius 2 is 0.870 bits per heavy atom. The van der Waals surface area contributed by atoms with Crippen LogP contribution in [0.4, 0.5) is 9.59 Å². The van der Waals surface area contributed by atoms with Crippen molar-refractivity contribution in [3.63, 3.8) is 0 Å². The fourth-order valence-electron chi connectivity index (χ4n) is 3.32. The van der Waals surface area contributed by atoms with Crippen molar-refractivity contribution in [2.45, 2.75) is 66.0 Å². The topological polar surface area (TPSA) is 187 Å². The molecule has 4 N–H and O–H groups in total. The molecule has 0 unspecified atom stereocenters. The smallest absolute Gasteiger partial charge is 0.408 e. The molecular weight excluding hydrogens is 600 g/mol. The van der Waals surface area contributed by atoms with Gasteiger partial charge in [0.15, 0.2) is 11.4 Å². The van der Waals surface area contributed by atoms with Crippen LogP contribution in [0.1, 0.15) is 52.7 Å². The van der Waals surface area contributed by atoms with Gasteiger partial charge in [0.2, 0.25) is 11.8 Å². The lowest BCUT2D eigenvalue weighted by atomic mass is 10.2. The van der Waals surface area contributed by atoms with E-state index in [1.165, 1.54) is 0 Å². The molecule has 14 nitrogen and oxygen atoms in total. The molecular formula is C32H40N4O10. The van der Waals surface area contributed by atoms with E-state index in [9.17, 15) is 28.8 Å². The summed E-state index contributed by atoms with van der Waals surface area (Å²) >= 11 is 0. The molecule has 0 bridgehead atoms. The highest BCUT2D eigenvalue weighted by Gasteiger charge is 2.28. The number of esters is 2. The van der Waals surface area contributed by atoms with E-state index in [1.807, 2.05) is 0 Å². The Kier molecular flexibility index (Phi) is 13.7. The predicted molar refractivity (Wildman–Crippen MR) is 164 cm³/mol. The van der Waals surface area contributed by atoms with Crippen LogP contribution in [0.2, 0.25) is 0 Å². The second-order valence-electron chi connectivity index (χ2n) is 11.7. The SMILES string of the molecule is CC(C)(C)OC(=O)NCC(=O)N/C(C(=O)OCc1ccccc1)=C(\NC(=O)CNC(=O)OC(C)(C)C)C(=O)OCc1ccccc1. The van der Waals surface area contributed by atoms with E-state index in [0.717, 1.165) is 0 Å². The van der Waals surface area contributed by atoms with Crippen LogP contribution in [0.15, 0.2) is 72.1 Å². The molecule has 0 saturated carbocycles. The molecule has 0 aliphatic carbocycles. The Hall–Kier alpha value is -5.40. The second kappa shape index (κ2) is 17.2. The second-order valence-corrected chi connectivity index (χ2v) is 11.7. The third-order valence-corrected chi connectivity index (χ3v) is 5.20. The van der Waals surface area contributed by atoms with Crippen LogP contribution in [0.5, 0.6) is 0 Å². The van der Waals surface area contributed by atoms with Crippen LogP contribution in [0.3, 0.4) is 0 Å². The molecule has 0 radical (unpaired) electrons. The lowest BCUT2D eigenvalue weighted by Gasteiger charge is -2.20. The molecule has 14 heteroatoms. The maximum atomic E-state index is 13.3. The standard InChI is InChI=1S/C32H40N4O10/c1-31(2,3)45-29(41)33-17-23(37)35-25(27(39)43-19-21-13-9-7-10-14-21)26(28(40)44-20-22-15-11-8-12-16-22)36-24(38)18-34-30(42)46-32(4,5)6/h7-16H,17-20H2,1-6H3,(H,33,41)(H,34,42)(H,35,37)(H,36,38)/b26-25-. The number of hydrogen-bond donors (Lipinski definition) is 4. The molecule has 0 atom stereocenters. The number of amides is 4. The molecule has 0 fully saturated rings. The Labute approximate surface area is 267 Å². The summed E-state index contributed by atoms with van der Waals surface area (Å²) in [5.74, 6) is -4.35. The first-order chi connectivity index (χ1) is 21.5. The highest BCUT2D eigenvalue weighted by atomic mass is 16.6. The van der Waals surface area contributed by atoms with Gasteiger partial charge in [0, 0.05) is 0 Å². The van der Waals surface area contributed by atoms with Crippen LogP contribution < -0.4 is 21.3 Å². The number of benzene rings is 2. The molecule has 2 aromatic rings. The van der Waals surface area contributed by atoms with E-state index in [0.29, 0.717) is 11.1 Å². The zero-order valence-corrected chi connectivity index (χ0v) is 26.7. The number of nitrogens with one attached hydrogen (secondary N) is 4. The van der Waals surface area contributed by atoms with Gasteiger partial charge in [-0.05, 0) is 52.7 Å². The van der Waals surface area contributed by atoms with Crippen molar-refractivity contribution in [3.8, 4) is 0 Å². The molecule has 0 saturated heterocycles. The molecule has 248 valence electrons. The molecule has 2 aromatic carbocycles. The predicted octanol–water partition coefficient (Wildman–Crippen LogP) is 2.97. The molecule has 46 heavy (non-hydrogen) atoms. The van der Waals surface area contributed by atoms with Gasteiger partial charge in [-0.1, -0.05) is 60.7 Å². The third kappa shape index (κ3) is 14.9. The molecule has 4 amide bonds. The van der Waals surface area contributed by atoms with Gasteiger partial charge in [0.25, 0.3) is 0 Å². The first-order valence-corrected chi connectivity index (χ1v) is 14.2. The van der Waals surface area contributed by atoms with E-state index in [-0.39, 0.29) is 13.2 Å². The maximum absolute atomic E-state index is 13.3. The summed E-state index contributed by atoms with van der Waals surface area (Å²) in [5, 5.41) is 8.91. The average molecular weight is 641 g/mol. The van der Waals surface area contributed by atoms with Gasteiger partial charge in [-0.25, -0.2) is 19.2 Å². The van der Waals surface area contributed by atoms with E-state index in [4.69, 9.17) is 18.9 Å². The van der Waals surface area contributed by atoms with Crippen molar-refractivity contribution >= 4 is 35.9 Å². The molecule has 0 aromatic heterocycles. The van der Waals surface area contributed by atoms with Gasteiger partial charge in [-0.3, -0.25) is 9.59 Å². The first-order valence-electron chi connectivity index (χ1n) is 14.2. The van der Waals surface area contributed by atoms with Gasteiger partial charge in [-0.2, -0.15) is 0 Å². The fourth-order valence-corrected chi connectivity index (χ4v) is 3.32. The summed E-state index contributed by atoms with van der Waals surface area (Å²) in [6, 6.07) is 17.1. The van der Waals surface area contributed by atoms with Crippen LogP contribution in [0.25, 0.3) is 0 Å². The minimum Gasteiger partial charge on any atom is -0.456 e. The van der Waals surface area contributed by atoms with Crippen LogP contribution >= 0.6 is 0 Å². The van der Waals surface area contributed by atoms with Gasteiger partial charge < -0.3 is 40.2 Å². The summed E-state index contributed by atoms with van der Waals surface area (Å²) in [4.78, 5) is 76.6. The lowest BCUT2D eigenvalue weighted by Crippen LogP contribution is -2.44. The van der Waals surface area contributed by atoms with Crippen molar-refractivity contribution in [3.05, 3.63) is 83.2 Å². The van der Waals surface area contributed by atoms with Crippen molar-refractivity contribution in [1.82, 2.24) is 21.3 Å². The zero-order valence-electron chi connectivity index (χ0n) is 26.7. The zero-order chi connectivity index (χ0) is 34.3. The minimum atomic E-state index is -1.21. The van der Waals surface area contributed by atoms with Gasteiger partial charge in [0.05, 0.1) is 0 Å². The number of hydrogen-bond acceptors (Lipinski definition) is 10. The van der Waals surface area contributed by atoms with Gasteiger partial charge in [0.1, 0.15) is 37.5 Å². The highest BCUT2D eigenvalue weighted by Crippen LogP contribution is 2.11. The van der Waals surface area contributed by atoms with Crippen LogP contribution in [-0.2, 0) is 51.3 Å². The maximum Gasteiger partial charge on any atom is 0.408 e. The monoisotopic (exact) mass is 640 g/mol. The summed E-state index contributed by atoms with van der Waals surface area (Å²) in [6.45, 7) is 7.91. The summed E-state index contributed by atoms with van der Waals surface area (Å²) < 4.78 is 20.9. The Morgan fingerprint density at radius 1 is 0.543 bits per heavy atom. The van der Waals surface area contributed by atoms with E-state index in [2.05, 4.69) is 21.3 Å². The number of carbonyl (C=O) groups is 6. The van der Waals surface area contributed by atoms with E-state index in [1.54, 1.807) is 102 Å². The van der Waals surface area contributed by atoms with Crippen LogP contribution in [-0.4, -0.2) is 60.2 Å². The highest BCUT2D eigenvalue weighted by molar-refractivity contribution is 6.05. The summed E-state index contributed by atoms with van der Waals surface area (Å²) in [7, 11) is 0. The fraction of sp³-hybridized carbons (Fsp3) is 0.375. The van der Waals surface area contributed by atoms with Crippen molar-refractivity contribution < 1.29 is 47.7 Å². The number of rotatable bonds is 12. The number of alkyl carbamates (subject to hydrolysis) is 2. The van der Waals surface area contributed by atoms with Crippen molar-refractivity contribution in [1.29, 1.82) is 0 Å². The van der Waals surface area contributed by atoms with Gasteiger partial charge >= 0.3 is 24.1 Å². The van der Waals surface area contributed by atoms with Crippen LogP contribution in [0, 0.1) is 0 Å². The minimum absolute atomic E-state index is 0.254. The first kappa shape index (κ1) is 36.8. The lowest BCUT2D eigenvalue weighted by molar-refractivity contribution is -0.145.